The van der Waals surface area contributed by atoms with Crippen molar-refractivity contribution in [2.75, 3.05) is 18.5 Å². The van der Waals surface area contributed by atoms with E-state index < -0.39 is 5.41 Å². The van der Waals surface area contributed by atoms with Crippen LogP contribution in [0.15, 0.2) is 22.6 Å². The second-order valence-corrected chi connectivity index (χ2v) is 5.41. The van der Waals surface area contributed by atoms with Crippen LogP contribution in [0.1, 0.15) is 12.8 Å². The average molecular weight is 275 g/mol. The molecule has 0 saturated carbocycles. The minimum Gasteiger partial charge on any atom is -0.441 e. The highest BCUT2D eigenvalue weighted by atomic mass is 16.5. The molecule has 1 fully saturated rings. The van der Waals surface area contributed by atoms with Gasteiger partial charge in [0.2, 0.25) is 5.91 Å². The molecule has 2 atom stereocenters. The predicted molar refractivity (Wildman–Crippen MR) is 74.3 cm³/mol. The molecule has 3 rings (SSSR count). The normalized spacial score (nSPS) is 26.1. The van der Waals surface area contributed by atoms with Crippen LogP contribution in [0.5, 0.6) is 0 Å². The van der Waals surface area contributed by atoms with Gasteiger partial charge in [0.1, 0.15) is 5.52 Å². The van der Waals surface area contributed by atoms with Crippen LogP contribution >= 0.6 is 0 Å². The van der Waals surface area contributed by atoms with Crippen LogP contribution in [0.3, 0.4) is 0 Å². The number of carbonyl (C=O) groups is 1. The van der Waals surface area contributed by atoms with Gasteiger partial charge in [-0.2, -0.15) is 0 Å². The van der Waals surface area contributed by atoms with E-state index in [0.717, 1.165) is 5.52 Å². The Labute approximate surface area is 116 Å². The van der Waals surface area contributed by atoms with Gasteiger partial charge in [-0.05, 0) is 25.1 Å². The van der Waals surface area contributed by atoms with Gasteiger partial charge in [-0.1, -0.05) is 0 Å². The average Bonchev–Trinajstić information content (AvgIpc) is 2.92. The van der Waals surface area contributed by atoms with E-state index in [-0.39, 0.29) is 11.9 Å². The number of ether oxygens (including phenoxy) is 1. The van der Waals surface area contributed by atoms with Gasteiger partial charge >= 0.3 is 0 Å². The number of hydrogen-bond donors (Lipinski definition) is 2. The third kappa shape index (κ3) is 2.07. The zero-order chi connectivity index (χ0) is 14.3. The Kier molecular flexibility index (Phi) is 2.99. The Morgan fingerprint density at radius 2 is 2.35 bits per heavy atom. The second kappa shape index (κ2) is 4.57. The number of amides is 1. The van der Waals surface area contributed by atoms with E-state index in [1.807, 2.05) is 6.92 Å². The Morgan fingerprint density at radius 3 is 3.05 bits per heavy atom. The highest BCUT2D eigenvalue weighted by Crippen LogP contribution is 2.29. The summed E-state index contributed by atoms with van der Waals surface area (Å²) >= 11 is 0. The van der Waals surface area contributed by atoms with E-state index in [0.29, 0.717) is 30.4 Å². The number of nitrogens with one attached hydrogen (secondary N) is 1. The number of rotatable bonds is 2. The number of aryl methyl sites for hydroxylation is 1. The first-order chi connectivity index (χ1) is 9.49. The topological polar surface area (TPSA) is 90.4 Å². The fourth-order valence-corrected chi connectivity index (χ4v) is 2.32. The maximum atomic E-state index is 12.4. The van der Waals surface area contributed by atoms with E-state index >= 15 is 0 Å². The van der Waals surface area contributed by atoms with Gasteiger partial charge in [0.05, 0.1) is 18.6 Å². The zero-order valence-electron chi connectivity index (χ0n) is 11.5. The predicted octanol–water partition coefficient (Wildman–Crippen LogP) is 1.44. The number of fused-ring (bicyclic) bond motifs is 1. The Bertz CT molecular complexity index is 667. The van der Waals surface area contributed by atoms with E-state index in [1.165, 1.54) is 0 Å². The molecule has 1 aromatic carbocycles. The Hall–Kier alpha value is -1.92. The van der Waals surface area contributed by atoms with Gasteiger partial charge in [0, 0.05) is 18.7 Å². The van der Waals surface area contributed by atoms with E-state index in [1.54, 1.807) is 25.1 Å². The Balaban J connectivity index is 1.83. The van der Waals surface area contributed by atoms with Gasteiger partial charge in [0.25, 0.3) is 0 Å². The molecule has 1 saturated heterocycles. The fourth-order valence-electron chi connectivity index (χ4n) is 2.32. The van der Waals surface area contributed by atoms with Crippen molar-refractivity contribution in [2.45, 2.75) is 19.9 Å². The molecule has 0 radical (unpaired) electrons. The van der Waals surface area contributed by atoms with Gasteiger partial charge in [0.15, 0.2) is 11.5 Å². The summed E-state index contributed by atoms with van der Waals surface area (Å²) in [6.07, 6.45) is 0. The monoisotopic (exact) mass is 275 g/mol. The number of nitrogens with two attached hydrogens (primary N) is 1. The molecule has 20 heavy (non-hydrogen) atoms. The van der Waals surface area contributed by atoms with Gasteiger partial charge < -0.3 is 20.2 Å². The minimum absolute atomic E-state index is 0.137. The largest absolute Gasteiger partial charge is 0.441 e. The summed E-state index contributed by atoms with van der Waals surface area (Å²) in [6, 6.07) is 5.07. The molecule has 0 bridgehead atoms. The van der Waals surface area contributed by atoms with Crippen LogP contribution in [0.4, 0.5) is 5.69 Å². The molecule has 1 aliphatic rings. The summed E-state index contributed by atoms with van der Waals surface area (Å²) in [6.45, 7) is 4.35. The first kappa shape index (κ1) is 13.1. The molecular formula is C14H17N3O3. The molecule has 106 valence electrons. The molecule has 1 amide bonds. The number of aromatic nitrogens is 1. The van der Waals surface area contributed by atoms with E-state index in [9.17, 15) is 4.79 Å². The first-order valence-corrected chi connectivity index (χ1v) is 6.51. The smallest absolute Gasteiger partial charge is 0.234 e. The molecule has 1 aromatic heterocycles. The van der Waals surface area contributed by atoms with Gasteiger partial charge in [-0.25, -0.2) is 4.98 Å². The van der Waals surface area contributed by atoms with Crippen molar-refractivity contribution in [3.05, 3.63) is 24.1 Å². The summed E-state index contributed by atoms with van der Waals surface area (Å²) in [7, 11) is 0. The fraction of sp³-hybridized carbons (Fsp3) is 0.429. The van der Waals surface area contributed by atoms with Crippen LogP contribution in [0.25, 0.3) is 11.1 Å². The van der Waals surface area contributed by atoms with Crippen LogP contribution in [0, 0.1) is 12.3 Å². The summed E-state index contributed by atoms with van der Waals surface area (Å²) in [5.41, 5.74) is 7.35. The molecule has 6 nitrogen and oxygen atoms in total. The number of anilines is 1. The molecule has 0 aliphatic carbocycles. The minimum atomic E-state index is -0.700. The quantitative estimate of drug-likeness (QED) is 0.865. The molecule has 0 spiro atoms. The molecule has 2 aromatic rings. The van der Waals surface area contributed by atoms with Gasteiger partial charge in [-0.15, -0.1) is 0 Å². The Morgan fingerprint density at radius 1 is 1.55 bits per heavy atom. The lowest BCUT2D eigenvalue weighted by molar-refractivity contribution is -0.125. The van der Waals surface area contributed by atoms with Crippen LogP contribution in [-0.4, -0.2) is 30.1 Å². The summed E-state index contributed by atoms with van der Waals surface area (Å²) in [4.78, 5) is 16.6. The molecule has 2 heterocycles. The lowest BCUT2D eigenvalue weighted by Gasteiger charge is -2.25. The van der Waals surface area contributed by atoms with Gasteiger partial charge in [-0.3, -0.25) is 4.79 Å². The maximum absolute atomic E-state index is 12.4. The van der Waals surface area contributed by atoms with Crippen molar-refractivity contribution >= 4 is 22.7 Å². The molecule has 3 N–H and O–H groups in total. The van der Waals surface area contributed by atoms with Crippen molar-refractivity contribution in [3.8, 4) is 0 Å². The third-order valence-electron chi connectivity index (χ3n) is 3.79. The third-order valence-corrected chi connectivity index (χ3v) is 3.79. The maximum Gasteiger partial charge on any atom is 0.234 e. The van der Waals surface area contributed by atoms with Crippen LogP contribution in [0.2, 0.25) is 0 Å². The van der Waals surface area contributed by atoms with Crippen LogP contribution < -0.4 is 11.1 Å². The summed E-state index contributed by atoms with van der Waals surface area (Å²) < 4.78 is 10.7. The highest BCUT2D eigenvalue weighted by molar-refractivity contribution is 5.97. The summed E-state index contributed by atoms with van der Waals surface area (Å²) in [5.74, 6) is 0.462. The second-order valence-electron chi connectivity index (χ2n) is 5.41. The molecule has 1 aliphatic heterocycles. The molecular weight excluding hydrogens is 258 g/mol. The van der Waals surface area contributed by atoms with Crippen molar-refractivity contribution in [2.24, 2.45) is 11.1 Å². The first-order valence-electron chi connectivity index (χ1n) is 6.51. The SMILES string of the molecule is Cc1nc2cc(NC(=O)C3(C)COCC3N)ccc2o1. The van der Waals surface area contributed by atoms with Crippen molar-refractivity contribution in [3.63, 3.8) is 0 Å². The number of nitrogens with zero attached hydrogens (tertiary/aromatic N) is 1. The van der Waals surface area contributed by atoms with Crippen molar-refractivity contribution < 1.29 is 13.9 Å². The summed E-state index contributed by atoms with van der Waals surface area (Å²) in [5, 5.41) is 2.88. The number of oxazole rings is 1. The number of benzene rings is 1. The molecule has 6 heteroatoms. The van der Waals surface area contributed by atoms with Crippen LogP contribution in [-0.2, 0) is 9.53 Å². The number of carbonyl (C=O) groups excluding carboxylic acids is 1. The van der Waals surface area contributed by atoms with Crippen molar-refractivity contribution in [1.29, 1.82) is 0 Å². The standard InChI is InChI=1S/C14H17N3O3/c1-8-16-10-5-9(3-4-11(10)20-8)17-13(18)14(2)7-19-6-12(14)15/h3-5,12H,6-7,15H2,1-2H3,(H,17,18). The number of hydrogen-bond acceptors (Lipinski definition) is 5. The van der Waals surface area contributed by atoms with E-state index in [2.05, 4.69) is 10.3 Å². The molecule has 2 unspecified atom stereocenters. The van der Waals surface area contributed by atoms with Crippen molar-refractivity contribution in [1.82, 2.24) is 4.98 Å². The zero-order valence-corrected chi connectivity index (χ0v) is 11.5. The lowest BCUT2D eigenvalue weighted by Crippen LogP contribution is -2.47. The lowest BCUT2D eigenvalue weighted by atomic mass is 9.85. The van der Waals surface area contributed by atoms with E-state index in [4.69, 9.17) is 14.9 Å². The highest BCUT2D eigenvalue weighted by Gasteiger charge is 2.44.